The van der Waals surface area contributed by atoms with Gasteiger partial charge in [0.25, 0.3) is 0 Å². The molecule has 0 aliphatic rings. The monoisotopic (exact) mass is 340 g/mol. The summed E-state index contributed by atoms with van der Waals surface area (Å²) in [7, 11) is 0. The van der Waals surface area contributed by atoms with Crippen molar-refractivity contribution in [3.63, 3.8) is 0 Å². The molecule has 0 spiro atoms. The molecule has 0 saturated carbocycles. The molecule has 0 saturated heterocycles. The van der Waals surface area contributed by atoms with Crippen LogP contribution in [0.1, 0.15) is 22.8 Å². The highest BCUT2D eigenvalue weighted by molar-refractivity contribution is 5.89. The Morgan fingerprint density at radius 1 is 1.32 bits per heavy atom. The second-order valence-corrected chi connectivity index (χ2v) is 5.20. The summed E-state index contributed by atoms with van der Waals surface area (Å²) in [6.45, 7) is 2.39. The van der Waals surface area contributed by atoms with Crippen LogP contribution in [0.25, 0.3) is 11.0 Å². The molecule has 0 radical (unpaired) electrons. The zero-order chi connectivity index (χ0) is 17.8. The number of hydrogen-bond acceptors (Lipinski definition) is 7. The molecule has 2 N–H and O–H groups in total. The topological polar surface area (TPSA) is 106 Å². The van der Waals surface area contributed by atoms with E-state index in [9.17, 15) is 14.8 Å². The minimum atomic E-state index is -0.825. The normalized spacial score (nSPS) is 10.6. The molecule has 0 amide bonds. The van der Waals surface area contributed by atoms with Gasteiger partial charge in [0.05, 0.1) is 17.6 Å². The number of hydrogen-bond donors (Lipinski definition) is 2. The zero-order valence-corrected chi connectivity index (χ0v) is 13.5. The van der Waals surface area contributed by atoms with Gasteiger partial charge in [-0.3, -0.25) is 0 Å². The summed E-state index contributed by atoms with van der Waals surface area (Å²) in [6, 6.07) is 10.3. The van der Waals surface area contributed by atoms with Gasteiger partial charge >= 0.3 is 11.7 Å². The number of ether oxygens (including phenoxy) is 1. The second kappa shape index (κ2) is 7.00. The number of nitrogens with one attached hydrogen (secondary N) is 1. The number of rotatable bonds is 5. The molecule has 1 aromatic carbocycles. The largest absolute Gasteiger partial charge is 0.462 e. The maximum absolute atomic E-state index is 11.8. The highest BCUT2D eigenvalue weighted by atomic mass is 16.5. The lowest BCUT2D eigenvalue weighted by atomic mass is 10.1. The molecule has 2 aromatic heterocycles. The molecule has 25 heavy (non-hydrogen) atoms. The lowest BCUT2D eigenvalue weighted by Crippen LogP contribution is -2.23. The number of aromatic nitrogens is 3. The standard InChI is InChI=1S/C17H16N4O4/c1-2-25-16(22)12-6-3-5-11(9-12)10-19-14-13-7-4-8-18-15(13)21(24)17(23)20-14/h3-9,24H,2,10H2,1H3,(H,19,20,23). The van der Waals surface area contributed by atoms with Crippen LogP contribution in [0.4, 0.5) is 5.82 Å². The van der Waals surface area contributed by atoms with Crippen molar-refractivity contribution in [3.05, 3.63) is 64.2 Å². The molecule has 0 unspecified atom stereocenters. The van der Waals surface area contributed by atoms with Gasteiger partial charge in [0.15, 0.2) is 5.65 Å². The minimum absolute atomic E-state index is 0.116. The maximum atomic E-state index is 11.8. The summed E-state index contributed by atoms with van der Waals surface area (Å²) < 4.78 is 5.39. The van der Waals surface area contributed by atoms with E-state index in [1.807, 2.05) is 6.07 Å². The van der Waals surface area contributed by atoms with Gasteiger partial charge in [-0.15, -0.1) is 4.73 Å². The molecule has 2 heterocycles. The Labute approximate surface area is 142 Å². The molecule has 0 fully saturated rings. The predicted octanol–water partition coefficient (Wildman–Crippen LogP) is 1.82. The van der Waals surface area contributed by atoms with E-state index in [2.05, 4.69) is 15.3 Å². The summed E-state index contributed by atoms with van der Waals surface area (Å²) in [5.74, 6) is -0.0834. The molecule has 0 atom stereocenters. The van der Waals surface area contributed by atoms with Crippen LogP contribution in [-0.2, 0) is 11.3 Å². The molecule has 8 nitrogen and oxygen atoms in total. The van der Waals surface area contributed by atoms with Crippen LogP contribution in [0, 0.1) is 0 Å². The van der Waals surface area contributed by atoms with Crippen LogP contribution < -0.4 is 11.0 Å². The van der Waals surface area contributed by atoms with Crippen molar-refractivity contribution in [3.8, 4) is 0 Å². The molecular weight excluding hydrogens is 324 g/mol. The average Bonchev–Trinajstić information content (AvgIpc) is 2.64. The van der Waals surface area contributed by atoms with E-state index >= 15 is 0 Å². The molecule has 0 bridgehead atoms. The number of pyridine rings is 1. The number of nitrogens with zero attached hydrogens (tertiary/aromatic N) is 3. The molecule has 0 aliphatic heterocycles. The van der Waals surface area contributed by atoms with Crippen molar-refractivity contribution in [2.45, 2.75) is 13.5 Å². The Kier molecular flexibility index (Phi) is 4.60. The van der Waals surface area contributed by atoms with E-state index in [1.165, 1.54) is 6.20 Å². The van der Waals surface area contributed by atoms with Crippen molar-refractivity contribution in [2.75, 3.05) is 11.9 Å². The Morgan fingerprint density at radius 3 is 2.96 bits per heavy atom. The average molecular weight is 340 g/mol. The minimum Gasteiger partial charge on any atom is -0.462 e. The fraction of sp³-hybridized carbons (Fsp3) is 0.176. The quantitative estimate of drug-likeness (QED) is 0.539. The number of carbonyl (C=O) groups excluding carboxylic acids is 1. The van der Waals surface area contributed by atoms with Crippen LogP contribution >= 0.6 is 0 Å². The third-order valence-corrected chi connectivity index (χ3v) is 3.53. The van der Waals surface area contributed by atoms with Crippen molar-refractivity contribution in [1.29, 1.82) is 0 Å². The number of anilines is 1. The van der Waals surface area contributed by atoms with E-state index in [0.29, 0.717) is 34.6 Å². The van der Waals surface area contributed by atoms with Crippen LogP contribution in [0.5, 0.6) is 0 Å². The number of esters is 1. The predicted molar refractivity (Wildman–Crippen MR) is 90.7 cm³/mol. The first-order valence-corrected chi connectivity index (χ1v) is 7.67. The molecule has 3 rings (SSSR count). The van der Waals surface area contributed by atoms with Gasteiger partial charge in [-0.05, 0) is 36.8 Å². The summed E-state index contributed by atoms with van der Waals surface area (Å²) in [6.07, 6.45) is 1.47. The Morgan fingerprint density at radius 2 is 2.16 bits per heavy atom. The molecular formula is C17H16N4O4. The lowest BCUT2D eigenvalue weighted by molar-refractivity contribution is 0.0526. The Balaban J connectivity index is 1.86. The Hall–Kier alpha value is -3.42. The third kappa shape index (κ3) is 3.42. The number of fused-ring (bicyclic) bond motifs is 1. The van der Waals surface area contributed by atoms with E-state index in [4.69, 9.17) is 4.74 Å². The van der Waals surface area contributed by atoms with Crippen molar-refractivity contribution >= 4 is 22.8 Å². The fourth-order valence-corrected chi connectivity index (χ4v) is 2.39. The van der Waals surface area contributed by atoms with Crippen LogP contribution in [0.15, 0.2) is 47.4 Å². The summed E-state index contributed by atoms with van der Waals surface area (Å²) in [5.41, 5.74) is 0.559. The summed E-state index contributed by atoms with van der Waals surface area (Å²) in [5, 5.41) is 13.3. The first kappa shape index (κ1) is 16.4. The van der Waals surface area contributed by atoms with Crippen molar-refractivity contribution in [1.82, 2.24) is 14.7 Å². The van der Waals surface area contributed by atoms with Gasteiger partial charge in [-0.1, -0.05) is 12.1 Å². The van der Waals surface area contributed by atoms with Crippen molar-refractivity contribution in [2.24, 2.45) is 0 Å². The summed E-state index contributed by atoms with van der Waals surface area (Å²) in [4.78, 5) is 31.3. The second-order valence-electron chi connectivity index (χ2n) is 5.20. The van der Waals surface area contributed by atoms with E-state index in [0.717, 1.165) is 5.56 Å². The maximum Gasteiger partial charge on any atom is 0.384 e. The Bertz CT molecular complexity index is 984. The highest BCUT2D eigenvalue weighted by Crippen LogP contribution is 2.17. The molecule has 3 aromatic rings. The fourth-order valence-electron chi connectivity index (χ4n) is 2.39. The van der Waals surface area contributed by atoms with Crippen LogP contribution in [-0.4, -0.2) is 32.5 Å². The molecule has 128 valence electrons. The highest BCUT2D eigenvalue weighted by Gasteiger charge is 2.11. The number of carbonyl (C=O) groups is 1. The zero-order valence-electron chi connectivity index (χ0n) is 13.5. The van der Waals surface area contributed by atoms with Crippen LogP contribution in [0.3, 0.4) is 0 Å². The van der Waals surface area contributed by atoms with Gasteiger partial charge in [-0.25, -0.2) is 14.6 Å². The van der Waals surface area contributed by atoms with E-state index in [-0.39, 0.29) is 11.6 Å². The number of benzene rings is 1. The van der Waals surface area contributed by atoms with E-state index < -0.39 is 5.69 Å². The summed E-state index contributed by atoms with van der Waals surface area (Å²) >= 11 is 0. The first-order valence-electron chi connectivity index (χ1n) is 7.67. The third-order valence-electron chi connectivity index (χ3n) is 3.53. The SMILES string of the molecule is CCOC(=O)c1cccc(CNc2nc(=O)n(O)c3ncccc23)c1. The smallest absolute Gasteiger partial charge is 0.384 e. The van der Waals surface area contributed by atoms with Gasteiger partial charge in [0.2, 0.25) is 0 Å². The molecule has 8 heteroatoms. The first-order chi connectivity index (χ1) is 12.1. The van der Waals surface area contributed by atoms with Gasteiger partial charge in [0.1, 0.15) is 5.82 Å². The van der Waals surface area contributed by atoms with Gasteiger partial charge in [0, 0.05) is 12.7 Å². The van der Waals surface area contributed by atoms with Gasteiger partial charge < -0.3 is 15.3 Å². The van der Waals surface area contributed by atoms with E-state index in [1.54, 1.807) is 37.3 Å². The van der Waals surface area contributed by atoms with Crippen LogP contribution in [0.2, 0.25) is 0 Å². The lowest BCUT2D eigenvalue weighted by Gasteiger charge is -2.10. The van der Waals surface area contributed by atoms with Gasteiger partial charge in [-0.2, -0.15) is 4.98 Å². The molecule has 0 aliphatic carbocycles. The van der Waals surface area contributed by atoms with Crippen molar-refractivity contribution < 1.29 is 14.7 Å².